The summed E-state index contributed by atoms with van der Waals surface area (Å²) in [4.78, 5) is 15.6. The van der Waals surface area contributed by atoms with Crippen molar-refractivity contribution in [2.45, 2.75) is 18.9 Å². The molecule has 1 aromatic carbocycles. The summed E-state index contributed by atoms with van der Waals surface area (Å²) < 4.78 is 37.5. The lowest BCUT2D eigenvalue weighted by Gasteiger charge is -2.12. The Hall–Kier alpha value is -2.29. The fourth-order valence-electron chi connectivity index (χ4n) is 1.91. The summed E-state index contributed by atoms with van der Waals surface area (Å²) in [5.74, 6) is -5.72. The van der Waals surface area contributed by atoms with Crippen LogP contribution in [-0.2, 0) is 8.98 Å². The molecule has 24 heavy (non-hydrogen) atoms. The Morgan fingerprint density at radius 2 is 2.00 bits per heavy atom. The van der Waals surface area contributed by atoms with E-state index in [0.717, 1.165) is 44.1 Å². The van der Waals surface area contributed by atoms with Crippen molar-refractivity contribution in [2.75, 3.05) is 13.4 Å². The van der Waals surface area contributed by atoms with E-state index in [-0.39, 0.29) is 11.9 Å². The molecule has 1 saturated carbocycles. The van der Waals surface area contributed by atoms with Gasteiger partial charge in [-0.2, -0.15) is 0 Å². The van der Waals surface area contributed by atoms with Crippen molar-refractivity contribution in [1.82, 2.24) is 0 Å². The minimum absolute atomic E-state index is 0.0955. The van der Waals surface area contributed by atoms with Crippen LogP contribution in [0.15, 0.2) is 22.7 Å². The van der Waals surface area contributed by atoms with Gasteiger partial charge >= 0.3 is 5.97 Å². The Morgan fingerprint density at radius 3 is 2.50 bits per heavy atom. The van der Waals surface area contributed by atoms with E-state index in [1.54, 1.807) is 6.26 Å². The highest BCUT2D eigenvalue weighted by atomic mass is 32.2. The number of hydrogen-bond donors (Lipinski definition) is 2. The molecule has 0 unspecified atom stereocenters. The molecule has 9 heteroatoms. The Labute approximate surface area is 141 Å². The molecule has 2 rings (SSSR count). The summed E-state index contributed by atoms with van der Waals surface area (Å²) in [6, 6.07) is 1.68. The summed E-state index contributed by atoms with van der Waals surface area (Å²) in [5.41, 5.74) is -1.23. The maximum absolute atomic E-state index is 14.3. The predicted octanol–water partition coefficient (Wildman–Crippen LogP) is 3.18. The monoisotopic (exact) mass is 359 g/mol. The van der Waals surface area contributed by atoms with Crippen molar-refractivity contribution < 1.29 is 32.7 Å². The van der Waals surface area contributed by atoms with Crippen molar-refractivity contribution in [3.05, 3.63) is 34.9 Å². The van der Waals surface area contributed by atoms with Crippen LogP contribution in [0.1, 0.15) is 18.4 Å². The highest BCUT2D eigenvalue weighted by Crippen LogP contribution is 2.31. The third-order valence-electron chi connectivity index (χ3n) is 3.18. The molecule has 2 N–H and O–H groups in total. The van der Waals surface area contributed by atoms with Crippen LogP contribution in [0.25, 0.3) is 5.76 Å². The maximum Gasteiger partial charge on any atom is 0.345 e. The second kappa shape index (κ2) is 7.52. The molecule has 0 bridgehead atoms. The minimum Gasteiger partial charge on any atom is -0.506 e. The van der Waals surface area contributed by atoms with Crippen LogP contribution in [0.3, 0.4) is 0 Å². The molecule has 0 atom stereocenters. The first-order chi connectivity index (χ1) is 11.4. The van der Waals surface area contributed by atoms with Crippen LogP contribution in [0, 0.1) is 11.6 Å². The van der Waals surface area contributed by atoms with Gasteiger partial charge < -0.3 is 19.1 Å². The van der Waals surface area contributed by atoms with Crippen LogP contribution < -0.4 is 4.74 Å². The number of aliphatic hydroxyl groups excluding tert-OH is 1. The van der Waals surface area contributed by atoms with E-state index < -0.39 is 40.2 Å². The number of hydrogen-bond acceptors (Lipinski definition) is 6. The number of benzene rings is 1. The number of carboxylic acids is 1. The summed E-state index contributed by atoms with van der Waals surface area (Å²) in [6.45, 7) is 0. The molecule has 0 heterocycles. The number of carboxylic acid groups (broad SMARTS) is 1. The Bertz CT molecular complexity index is 716. The van der Waals surface area contributed by atoms with Crippen LogP contribution >= 0.6 is 12.0 Å². The highest BCUT2D eigenvalue weighted by molar-refractivity contribution is 7.94. The molecule has 0 aromatic heterocycles. The number of halogens is 2. The largest absolute Gasteiger partial charge is 0.506 e. The molecule has 6 nitrogen and oxygen atoms in total. The van der Waals surface area contributed by atoms with Gasteiger partial charge in [0, 0.05) is 6.26 Å². The zero-order valence-electron chi connectivity index (χ0n) is 12.9. The summed E-state index contributed by atoms with van der Waals surface area (Å²) in [6.07, 6.45) is 3.09. The lowest BCUT2D eigenvalue weighted by molar-refractivity contribution is -0.132. The van der Waals surface area contributed by atoms with Gasteiger partial charge in [0.05, 0.1) is 30.8 Å². The number of aliphatic imine (C=N–C) groups is 1. The number of aliphatic carboxylic acids is 1. The first kappa shape index (κ1) is 18.1. The van der Waals surface area contributed by atoms with Gasteiger partial charge in [0.15, 0.2) is 23.0 Å². The number of aliphatic hydroxyl groups is 1. The Kier molecular flexibility index (Phi) is 5.66. The smallest absolute Gasteiger partial charge is 0.345 e. The lowest BCUT2D eigenvalue weighted by atomic mass is 10.1. The molecular formula is C15H15F2NO5S. The number of methoxy groups -OCH3 is 1. The average molecular weight is 359 g/mol. The summed E-state index contributed by atoms with van der Waals surface area (Å²) in [5, 5.41) is 19.7. The van der Waals surface area contributed by atoms with Crippen LogP contribution in [0.4, 0.5) is 8.78 Å². The Morgan fingerprint density at radius 1 is 1.33 bits per heavy atom. The fraction of sp³-hybridized carbons (Fsp3) is 0.333. The number of rotatable bonds is 6. The quantitative estimate of drug-likeness (QED) is 0.267. The van der Waals surface area contributed by atoms with E-state index in [4.69, 9.17) is 4.18 Å². The predicted molar refractivity (Wildman–Crippen MR) is 85.2 cm³/mol. The van der Waals surface area contributed by atoms with Crippen molar-refractivity contribution in [2.24, 2.45) is 4.99 Å². The van der Waals surface area contributed by atoms with Gasteiger partial charge in [0.25, 0.3) is 0 Å². The van der Waals surface area contributed by atoms with Gasteiger partial charge in [-0.3, -0.25) is 0 Å². The van der Waals surface area contributed by atoms with Crippen LogP contribution in [0.2, 0.25) is 0 Å². The van der Waals surface area contributed by atoms with Gasteiger partial charge in [-0.05, 0) is 25.0 Å². The average Bonchev–Trinajstić information content (AvgIpc) is 3.31. The number of nitrogens with zero attached hydrogens (tertiary/aromatic N) is 1. The zero-order valence-corrected chi connectivity index (χ0v) is 13.7. The van der Waals surface area contributed by atoms with E-state index >= 15 is 0 Å². The van der Waals surface area contributed by atoms with E-state index in [0.29, 0.717) is 0 Å². The standard InChI is InChI=1S/C15H15F2NO5S/c1-22-13-9(16)6-5-8(11(13)17)12(19)10(15(20)21)14(23-24-2)18-7-3-4-7/h5-7,19H,3-4H2,1-2H3,(H,20,21)/b12-10?,18-14-. The maximum atomic E-state index is 14.3. The highest BCUT2D eigenvalue weighted by Gasteiger charge is 2.30. The summed E-state index contributed by atoms with van der Waals surface area (Å²) >= 11 is 0.834. The van der Waals surface area contributed by atoms with E-state index in [2.05, 4.69) is 9.73 Å². The van der Waals surface area contributed by atoms with Crippen molar-refractivity contribution in [3.63, 3.8) is 0 Å². The third kappa shape index (κ3) is 3.78. The second-order valence-corrected chi connectivity index (χ2v) is 5.39. The molecule has 1 fully saturated rings. The summed E-state index contributed by atoms with van der Waals surface area (Å²) in [7, 11) is 1.06. The minimum atomic E-state index is -1.55. The number of carbonyl (C=O) groups is 1. The lowest BCUT2D eigenvalue weighted by Crippen LogP contribution is -2.17. The number of ether oxygens (including phenoxy) is 1. The molecule has 0 amide bonds. The molecule has 130 valence electrons. The molecule has 0 aliphatic heterocycles. The third-order valence-corrected chi connectivity index (χ3v) is 3.51. The first-order valence-electron chi connectivity index (χ1n) is 6.88. The van der Waals surface area contributed by atoms with Gasteiger partial charge in [-0.15, -0.1) is 0 Å². The molecular weight excluding hydrogens is 344 g/mol. The van der Waals surface area contributed by atoms with E-state index in [1.807, 2.05) is 0 Å². The van der Waals surface area contributed by atoms with E-state index in [1.165, 1.54) is 0 Å². The van der Waals surface area contributed by atoms with Crippen molar-refractivity contribution in [3.8, 4) is 5.75 Å². The zero-order chi connectivity index (χ0) is 17.9. The van der Waals surface area contributed by atoms with Gasteiger partial charge in [-0.1, -0.05) is 0 Å². The van der Waals surface area contributed by atoms with Gasteiger partial charge in [0.2, 0.25) is 5.90 Å². The molecule has 1 aromatic rings. The molecule has 1 aliphatic rings. The van der Waals surface area contributed by atoms with Crippen LogP contribution in [0.5, 0.6) is 5.75 Å². The van der Waals surface area contributed by atoms with Crippen molar-refractivity contribution >= 4 is 29.7 Å². The topological polar surface area (TPSA) is 88.4 Å². The molecule has 0 saturated heterocycles. The van der Waals surface area contributed by atoms with Gasteiger partial charge in [0.1, 0.15) is 5.76 Å². The fourth-order valence-corrected chi connectivity index (χ4v) is 2.19. The van der Waals surface area contributed by atoms with Crippen LogP contribution in [-0.4, -0.2) is 41.5 Å². The SMILES string of the molecule is COc1c(F)ccc(C(O)=C(C(=O)O)/C(=N/C2CC2)OSC)c1F. The van der Waals surface area contributed by atoms with E-state index in [9.17, 15) is 23.8 Å². The molecule has 0 spiro atoms. The first-order valence-corrected chi connectivity index (χ1v) is 8.03. The second-order valence-electron chi connectivity index (χ2n) is 4.89. The molecule has 1 aliphatic carbocycles. The Balaban J connectivity index is 2.61. The van der Waals surface area contributed by atoms with Gasteiger partial charge in [-0.25, -0.2) is 18.6 Å². The molecule has 0 radical (unpaired) electrons. The normalized spacial score (nSPS) is 15.8. The van der Waals surface area contributed by atoms with Crippen molar-refractivity contribution in [1.29, 1.82) is 0 Å².